The van der Waals surface area contributed by atoms with Crippen molar-refractivity contribution < 1.29 is 37.0 Å². The molecule has 12 heteroatoms. The number of methoxy groups -OCH3 is 2. The van der Waals surface area contributed by atoms with Crippen LogP contribution in [0.2, 0.25) is 0 Å². The van der Waals surface area contributed by atoms with Gasteiger partial charge in [0.15, 0.2) is 11.5 Å². The third-order valence-corrected chi connectivity index (χ3v) is 3.49. The van der Waals surface area contributed by atoms with E-state index in [1.54, 1.807) is 18.2 Å². The number of nitrogens with one attached hydrogen (secondary N) is 2. The van der Waals surface area contributed by atoms with Crippen molar-refractivity contribution in [1.82, 2.24) is 10.0 Å². The number of carbonyl (C=O) groups is 2. The van der Waals surface area contributed by atoms with Gasteiger partial charge in [0.25, 0.3) is 6.47 Å². The summed E-state index contributed by atoms with van der Waals surface area (Å²) in [7, 11) is 4.20. The second-order valence-electron chi connectivity index (χ2n) is 6.46. The lowest BCUT2D eigenvalue weighted by Crippen LogP contribution is -2.39. The number of nitrogens with zero attached hydrogens (tertiary/aromatic N) is 1. The Labute approximate surface area is 177 Å². The van der Waals surface area contributed by atoms with Gasteiger partial charge in [0, 0.05) is 7.05 Å². The molecule has 0 aromatic heterocycles. The summed E-state index contributed by atoms with van der Waals surface area (Å²) in [6.07, 6.45) is -0.0578. The summed E-state index contributed by atoms with van der Waals surface area (Å²) in [5.74, 6) is 0.162. The minimum absolute atomic E-state index is 0.0578. The first kappa shape index (κ1) is 27.4. The summed E-state index contributed by atoms with van der Waals surface area (Å²) >= 11 is -0.506. The average Bonchev–Trinajstić information content (AvgIpc) is 2.63. The fourth-order valence-corrected chi connectivity index (χ4v) is 2.08. The largest absolute Gasteiger partial charge is 0.493 e. The Kier molecular flexibility index (Phi) is 11.7. The molecule has 2 N–H and O–H groups in total. The van der Waals surface area contributed by atoms with Gasteiger partial charge in [-0.3, -0.25) is 24.6 Å². The van der Waals surface area contributed by atoms with Crippen LogP contribution < -0.4 is 19.5 Å². The topological polar surface area (TPSA) is 98.2 Å². The molecule has 0 saturated heterocycles. The van der Waals surface area contributed by atoms with E-state index in [0.717, 1.165) is 0 Å². The molecule has 0 aliphatic carbocycles. The number of hydrogen-bond acceptors (Lipinski definition) is 7. The third-order valence-electron chi connectivity index (χ3n) is 2.96. The average molecular weight is 453 g/mol. The van der Waals surface area contributed by atoms with Gasteiger partial charge in [-0.05, 0) is 38.5 Å². The van der Waals surface area contributed by atoms with E-state index in [1.807, 2.05) is 25.5 Å². The number of benzene rings is 1. The number of halogens is 3. The van der Waals surface area contributed by atoms with E-state index in [0.29, 0.717) is 23.5 Å². The molecule has 1 rings (SSSR count). The molecule has 30 heavy (non-hydrogen) atoms. The number of rotatable bonds is 6. The fraction of sp³-hybridized carbons (Fsp3) is 0.500. The van der Waals surface area contributed by atoms with Crippen molar-refractivity contribution in [2.45, 2.75) is 38.3 Å². The maximum Gasteiger partial charge on any atom is 0.461 e. The Morgan fingerprint density at radius 1 is 1.17 bits per heavy atom. The Morgan fingerprint density at radius 2 is 1.77 bits per heavy atom. The zero-order valence-electron chi connectivity index (χ0n) is 17.5. The minimum atomic E-state index is -4.48. The molecule has 0 saturated carbocycles. The number of aliphatic imine (C=N–C) groups is 1. The quantitative estimate of drug-likeness (QED) is 0.296. The lowest BCUT2D eigenvalue weighted by molar-refractivity contribution is -0.138. The first-order valence-electron chi connectivity index (χ1n) is 8.45. The Bertz CT molecular complexity index is 722. The molecular weight excluding hydrogens is 427 g/mol. The molecule has 0 aliphatic heterocycles. The van der Waals surface area contributed by atoms with Gasteiger partial charge < -0.3 is 14.2 Å². The van der Waals surface area contributed by atoms with Gasteiger partial charge in [0.2, 0.25) is 11.9 Å². The monoisotopic (exact) mass is 453 g/mol. The summed E-state index contributed by atoms with van der Waals surface area (Å²) in [6.45, 7) is 5.92. The Balaban J connectivity index is 0.00000103. The molecule has 0 aliphatic rings. The predicted octanol–water partition coefficient (Wildman–Crippen LogP) is 3.06. The maximum absolute atomic E-state index is 12.1. The normalized spacial score (nSPS) is 11.6. The number of alkyl halides is 3. The zero-order valence-corrected chi connectivity index (χ0v) is 18.4. The number of guanidine groups is 1. The first-order chi connectivity index (χ1) is 13.8. The van der Waals surface area contributed by atoms with Gasteiger partial charge in [-0.25, -0.2) is 0 Å². The van der Waals surface area contributed by atoms with Gasteiger partial charge in [-0.15, -0.1) is 0 Å². The minimum Gasteiger partial charge on any atom is -0.493 e. The first-order valence-corrected chi connectivity index (χ1v) is 9.26. The number of carbonyl (C=O) groups excluding carboxylic acids is 2. The second-order valence-corrected chi connectivity index (χ2v) is 7.33. The molecule has 1 aromatic rings. The highest BCUT2D eigenvalue weighted by Crippen LogP contribution is 2.28. The van der Waals surface area contributed by atoms with Gasteiger partial charge in [-0.2, -0.15) is 13.2 Å². The lowest BCUT2D eigenvalue weighted by atomic mass is 10.1. The van der Waals surface area contributed by atoms with E-state index < -0.39 is 23.4 Å². The summed E-state index contributed by atoms with van der Waals surface area (Å²) < 4.78 is 53.0. The Morgan fingerprint density at radius 3 is 2.17 bits per heavy atom. The zero-order chi connectivity index (χ0) is 23.4. The summed E-state index contributed by atoms with van der Waals surface area (Å²) in [5.41, 5.74) is -4.19. The van der Waals surface area contributed by atoms with Gasteiger partial charge in [-0.1, -0.05) is 6.07 Å². The van der Waals surface area contributed by atoms with Crippen LogP contribution in [0.25, 0.3) is 0 Å². The van der Waals surface area contributed by atoms with E-state index >= 15 is 0 Å². The van der Waals surface area contributed by atoms with Crippen LogP contribution in [0.15, 0.2) is 23.2 Å². The molecule has 0 radical (unpaired) electrons. The van der Waals surface area contributed by atoms with Crippen LogP contribution in [0.5, 0.6) is 11.5 Å². The van der Waals surface area contributed by atoms with Crippen molar-refractivity contribution in [3.63, 3.8) is 0 Å². The molecule has 0 unspecified atom stereocenters. The predicted molar refractivity (Wildman–Crippen MR) is 108 cm³/mol. The van der Waals surface area contributed by atoms with E-state index in [1.165, 1.54) is 21.3 Å². The lowest BCUT2D eigenvalue weighted by Gasteiger charge is -2.14. The molecule has 8 nitrogen and oxygen atoms in total. The van der Waals surface area contributed by atoms with Crippen LogP contribution in [0.3, 0.4) is 0 Å². The Hall–Kier alpha value is -2.63. The van der Waals surface area contributed by atoms with Crippen LogP contribution in [-0.2, 0) is 20.7 Å². The molecule has 0 bridgehead atoms. The SMILES string of the molecule is CC(C)(C)OC=O.CN=C(NSC(F)(F)F)NC(=O)Cc1ccc(OC)c(OC)c1. The van der Waals surface area contributed by atoms with Crippen molar-refractivity contribution in [2.75, 3.05) is 21.3 Å². The highest BCUT2D eigenvalue weighted by atomic mass is 32.2. The van der Waals surface area contributed by atoms with E-state index in [-0.39, 0.29) is 18.0 Å². The van der Waals surface area contributed by atoms with E-state index in [2.05, 4.69) is 15.0 Å². The van der Waals surface area contributed by atoms with Crippen molar-refractivity contribution in [3.05, 3.63) is 23.8 Å². The molecule has 170 valence electrons. The third kappa shape index (κ3) is 12.8. The van der Waals surface area contributed by atoms with Crippen LogP contribution in [-0.4, -0.2) is 50.7 Å². The van der Waals surface area contributed by atoms with Gasteiger partial charge >= 0.3 is 5.51 Å². The molecule has 1 amide bonds. The number of hydrogen-bond donors (Lipinski definition) is 2. The van der Waals surface area contributed by atoms with Crippen LogP contribution >= 0.6 is 11.9 Å². The highest BCUT2D eigenvalue weighted by molar-refractivity contribution is 7.98. The van der Waals surface area contributed by atoms with Crippen molar-refractivity contribution in [1.29, 1.82) is 0 Å². The van der Waals surface area contributed by atoms with Crippen LogP contribution in [0, 0.1) is 0 Å². The highest BCUT2D eigenvalue weighted by Gasteiger charge is 2.29. The van der Waals surface area contributed by atoms with E-state index in [4.69, 9.17) is 9.47 Å². The molecular formula is C18H26F3N3O5S. The molecule has 1 aromatic carbocycles. The number of ether oxygens (including phenoxy) is 3. The summed E-state index contributed by atoms with van der Waals surface area (Å²) in [4.78, 5) is 25.0. The van der Waals surface area contributed by atoms with E-state index in [9.17, 15) is 22.8 Å². The van der Waals surface area contributed by atoms with Crippen molar-refractivity contribution >= 4 is 30.3 Å². The van der Waals surface area contributed by atoms with Crippen molar-refractivity contribution in [2.24, 2.45) is 4.99 Å². The fourth-order valence-electron chi connectivity index (χ4n) is 1.73. The molecule has 0 atom stereocenters. The van der Waals surface area contributed by atoms with Gasteiger partial charge in [0.1, 0.15) is 5.60 Å². The van der Waals surface area contributed by atoms with Crippen molar-refractivity contribution in [3.8, 4) is 11.5 Å². The van der Waals surface area contributed by atoms with Crippen LogP contribution in [0.1, 0.15) is 26.3 Å². The van der Waals surface area contributed by atoms with Crippen LogP contribution in [0.4, 0.5) is 13.2 Å². The molecule has 0 spiro atoms. The standard InChI is InChI=1S/C13H16F3N3O3S.C5H10O2/c1-17-12(19-23-13(14,15)16)18-11(20)7-8-4-5-9(21-2)10(6-8)22-3;1-5(2,3)7-4-6/h4-6H,7H2,1-3H3,(H2,17,18,19,20);4H,1-3H3. The summed E-state index contributed by atoms with van der Waals surface area (Å²) in [5, 5.41) is 2.26. The molecule has 0 heterocycles. The summed E-state index contributed by atoms with van der Waals surface area (Å²) in [6, 6.07) is 4.90. The maximum atomic E-state index is 12.1. The second kappa shape index (κ2) is 12.8. The molecule has 0 fully saturated rings. The number of amides is 1. The van der Waals surface area contributed by atoms with Gasteiger partial charge in [0.05, 0.1) is 32.6 Å². The smallest absolute Gasteiger partial charge is 0.461 e.